The van der Waals surface area contributed by atoms with E-state index in [1.807, 2.05) is 12.4 Å². The second kappa shape index (κ2) is 6.53. The van der Waals surface area contributed by atoms with Gasteiger partial charge in [0, 0.05) is 24.9 Å². The van der Waals surface area contributed by atoms with Crippen LogP contribution in [0, 0.1) is 13.8 Å². The van der Waals surface area contributed by atoms with Crippen molar-refractivity contribution in [2.45, 2.75) is 39.7 Å². The van der Waals surface area contributed by atoms with E-state index in [0.29, 0.717) is 6.04 Å². The maximum Gasteiger partial charge on any atom is 0.107 e. The van der Waals surface area contributed by atoms with E-state index in [4.69, 9.17) is 0 Å². The summed E-state index contributed by atoms with van der Waals surface area (Å²) in [5.41, 5.74) is 4.11. The largest absolute Gasteiger partial charge is 0.349 e. The van der Waals surface area contributed by atoms with Crippen molar-refractivity contribution >= 4 is 0 Å². The van der Waals surface area contributed by atoms with Crippen LogP contribution in [0.1, 0.15) is 29.4 Å². The number of nitrogens with one attached hydrogen (secondary N) is 2. The second-order valence-electron chi connectivity index (χ2n) is 5.12. The van der Waals surface area contributed by atoms with Crippen molar-refractivity contribution in [1.29, 1.82) is 0 Å². The normalized spacial score (nSPS) is 12.6. The first-order valence-electron chi connectivity index (χ1n) is 6.96. The number of aryl methyl sites for hydroxylation is 2. The zero-order chi connectivity index (χ0) is 13.7. The lowest BCUT2D eigenvalue weighted by Crippen LogP contribution is -2.33. The van der Waals surface area contributed by atoms with E-state index in [1.54, 1.807) is 0 Å². The van der Waals surface area contributed by atoms with Crippen LogP contribution >= 0.6 is 0 Å². The van der Waals surface area contributed by atoms with E-state index >= 15 is 0 Å². The topological polar surface area (TPSA) is 40.7 Å². The fourth-order valence-corrected chi connectivity index (χ4v) is 2.36. The number of imidazole rings is 1. The fourth-order valence-electron chi connectivity index (χ4n) is 2.36. The maximum absolute atomic E-state index is 4.32. The standard InChI is InChI=1S/C16H23N3/c1-4-17-15(11-16-18-7-8-19-16)10-14-6-5-12(2)13(3)9-14/h5-9,15,17H,4,10-11H2,1-3H3,(H,18,19). The predicted octanol–water partition coefficient (Wildman–Crippen LogP) is 2.79. The number of aromatic nitrogens is 2. The van der Waals surface area contributed by atoms with Gasteiger partial charge in [-0.05, 0) is 43.5 Å². The molecule has 0 aliphatic rings. The highest BCUT2D eigenvalue weighted by molar-refractivity contribution is 5.30. The Labute approximate surface area is 115 Å². The van der Waals surface area contributed by atoms with Crippen molar-refractivity contribution in [2.75, 3.05) is 6.54 Å². The van der Waals surface area contributed by atoms with Gasteiger partial charge in [-0.25, -0.2) is 4.98 Å². The van der Waals surface area contributed by atoms with Gasteiger partial charge in [0.15, 0.2) is 0 Å². The van der Waals surface area contributed by atoms with Gasteiger partial charge in [-0.1, -0.05) is 25.1 Å². The fraction of sp³-hybridized carbons (Fsp3) is 0.438. The Hall–Kier alpha value is -1.61. The van der Waals surface area contributed by atoms with Gasteiger partial charge < -0.3 is 10.3 Å². The summed E-state index contributed by atoms with van der Waals surface area (Å²) in [5, 5.41) is 3.54. The Morgan fingerprint density at radius 3 is 2.68 bits per heavy atom. The maximum atomic E-state index is 4.32. The van der Waals surface area contributed by atoms with E-state index < -0.39 is 0 Å². The van der Waals surface area contributed by atoms with Gasteiger partial charge in [-0.3, -0.25) is 0 Å². The molecule has 19 heavy (non-hydrogen) atoms. The molecule has 0 aliphatic heterocycles. The van der Waals surface area contributed by atoms with Crippen LogP contribution < -0.4 is 5.32 Å². The molecule has 2 N–H and O–H groups in total. The molecule has 2 aromatic rings. The smallest absolute Gasteiger partial charge is 0.107 e. The molecule has 0 amide bonds. The molecule has 0 saturated carbocycles. The minimum atomic E-state index is 0.429. The van der Waals surface area contributed by atoms with Gasteiger partial charge in [-0.15, -0.1) is 0 Å². The van der Waals surface area contributed by atoms with E-state index in [9.17, 15) is 0 Å². The highest BCUT2D eigenvalue weighted by Gasteiger charge is 2.11. The predicted molar refractivity (Wildman–Crippen MR) is 79.4 cm³/mol. The molecule has 1 aromatic heterocycles. The van der Waals surface area contributed by atoms with Crippen LogP contribution in [-0.2, 0) is 12.8 Å². The number of hydrogen-bond acceptors (Lipinski definition) is 2. The molecule has 1 atom stereocenters. The summed E-state index contributed by atoms with van der Waals surface area (Å²) >= 11 is 0. The molecule has 0 fully saturated rings. The monoisotopic (exact) mass is 257 g/mol. The molecule has 1 heterocycles. The number of nitrogens with zero attached hydrogens (tertiary/aromatic N) is 1. The molecule has 0 radical (unpaired) electrons. The molecule has 0 saturated heterocycles. The van der Waals surface area contributed by atoms with Gasteiger partial charge in [0.05, 0.1) is 0 Å². The van der Waals surface area contributed by atoms with Crippen LogP contribution in [0.25, 0.3) is 0 Å². The summed E-state index contributed by atoms with van der Waals surface area (Å²) in [5.74, 6) is 1.05. The average Bonchev–Trinajstić information content (AvgIpc) is 2.87. The SMILES string of the molecule is CCNC(Cc1ccc(C)c(C)c1)Cc1ncc[nH]1. The molecule has 3 nitrogen and oxygen atoms in total. The molecule has 102 valence electrons. The summed E-state index contributed by atoms with van der Waals surface area (Å²) in [4.78, 5) is 7.50. The van der Waals surface area contributed by atoms with E-state index in [2.05, 4.69) is 54.3 Å². The molecule has 3 heteroatoms. The van der Waals surface area contributed by atoms with Crippen LogP contribution in [0.15, 0.2) is 30.6 Å². The molecular formula is C16H23N3. The van der Waals surface area contributed by atoms with E-state index in [-0.39, 0.29) is 0 Å². The molecule has 2 rings (SSSR count). The van der Waals surface area contributed by atoms with Gasteiger partial charge in [-0.2, -0.15) is 0 Å². The van der Waals surface area contributed by atoms with Crippen LogP contribution in [0.2, 0.25) is 0 Å². The number of likely N-dealkylation sites (N-methyl/N-ethyl adjacent to an activating group) is 1. The van der Waals surface area contributed by atoms with Crippen molar-refractivity contribution in [3.8, 4) is 0 Å². The number of rotatable bonds is 6. The third-order valence-corrected chi connectivity index (χ3v) is 3.54. The summed E-state index contributed by atoms with van der Waals surface area (Å²) in [6, 6.07) is 7.16. The lowest BCUT2D eigenvalue weighted by molar-refractivity contribution is 0.512. The van der Waals surface area contributed by atoms with Crippen molar-refractivity contribution in [3.63, 3.8) is 0 Å². The van der Waals surface area contributed by atoms with Crippen molar-refractivity contribution < 1.29 is 0 Å². The Kier molecular flexibility index (Phi) is 4.74. The highest BCUT2D eigenvalue weighted by Crippen LogP contribution is 2.13. The van der Waals surface area contributed by atoms with Gasteiger partial charge in [0.1, 0.15) is 5.82 Å². The average molecular weight is 257 g/mol. The lowest BCUT2D eigenvalue weighted by atomic mass is 9.99. The van der Waals surface area contributed by atoms with Crippen molar-refractivity contribution in [1.82, 2.24) is 15.3 Å². The Bertz CT molecular complexity index is 503. The minimum Gasteiger partial charge on any atom is -0.349 e. The highest BCUT2D eigenvalue weighted by atomic mass is 14.9. The first-order chi connectivity index (χ1) is 9.19. The van der Waals surface area contributed by atoms with E-state index in [1.165, 1.54) is 16.7 Å². The van der Waals surface area contributed by atoms with E-state index in [0.717, 1.165) is 25.2 Å². The Balaban J connectivity index is 2.05. The zero-order valence-corrected chi connectivity index (χ0v) is 12.0. The number of H-pyrrole nitrogens is 1. The number of aromatic amines is 1. The molecule has 0 bridgehead atoms. The quantitative estimate of drug-likeness (QED) is 0.835. The third kappa shape index (κ3) is 3.93. The van der Waals surface area contributed by atoms with Crippen molar-refractivity contribution in [2.24, 2.45) is 0 Å². The number of benzene rings is 1. The molecule has 1 aromatic carbocycles. The molecule has 1 unspecified atom stereocenters. The molecule has 0 spiro atoms. The first-order valence-corrected chi connectivity index (χ1v) is 6.96. The minimum absolute atomic E-state index is 0.429. The zero-order valence-electron chi connectivity index (χ0n) is 12.0. The number of hydrogen-bond donors (Lipinski definition) is 2. The molecular weight excluding hydrogens is 234 g/mol. The Morgan fingerprint density at radius 1 is 1.21 bits per heavy atom. The summed E-state index contributed by atoms with van der Waals surface area (Å²) in [6.07, 6.45) is 5.67. The van der Waals surface area contributed by atoms with Crippen LogP contribution in [0.5, 0.6) is 0 Å². The summed E-state index contributed by atoms with van der Waals surface area (Å²) in [7, 11) is 0. The van der Waals surface area contributed by atoms with Gasteiger partial charge in [0.25, 0.3) is 0 Å². The summed E-state index contributed by atoms with van der Waals surface area (Å²) < 4.78 is 0. The van der Waals surface area contributed by atoms with Crippen LogP contribution in [-0.4, -0.2) is 22.6 Å². The van der Waals surface area contributed by atoms with Crippen LogP contribution in [0.3, 0.4) is 0 Å². The Morgan fingerprint density at radius 2 is 2.05 bits per heavy atom. The summed E-state index contributed by atoms with van der Waals surface area (Å²) in [6.45, 7) is 7.46. The van der Waals surface area contributed by atoms with Gasteiger partial charge >= 0.3 is 0 Å². The van der Waals surface area contributed by atoms with Crippen molar-refractivity contribution in [3.05, 3.63) is 53.1 Å². The van der Waals surface area contributed by atoms with Gasteiger partial charge in [0.2, 0.25) is 0 Å². The lowest BCUT2D eigenvalue weighted by Gasteiger charge is -2.17. The second-order valence-corrected chi connectivity index (χ2v) is 5.12. The first kappa shape index (κ1) is 13.8. The molecule has 0 aliphatic carbocycles. The van der Waals surface area contributed by atoms with Crippen LogP contribution in [0.4, 0.5) is 0 Å². The third-order valence-electron chi connectivity index (χ3n) is 3.54.